The third kappa shape index (κ3) is 3.44. The van der Waals surface area contributed by atoms with Crippen molar-refractivity contribution >= 4 is 29.1 Å². The highest BCUT2D eigenvalue weighted by Crippen LogP contribution is 2.23. The summed E-state index contributed by atoms with van der Waals surface area (Å²) in [5.74, 6) is -0.339. The Balaban J connectivity index is 1.74. The summed E-state index contributed by atoms with van der Waals surface area (Å²) in [6.07, 6.45) is 0.180. The van der Waals surface area contributed by atoms with Crippen molar-refractivity contribution in [3.63, 3.8) is 0 Å². The van der Waals surface area contributed by atoms with Crippen LogP contribution in [0.25, 0.3) is 0 Å². The first kappa shape index (κ1) is 16.5. The van der Waals surface area contributed by atoms with Crippen LogP contribution in [0.3, 0.4) is 0 Å². The summed E-state index contributed by atoms with van der Waals surface area (Å²) in [5, 5.41) is 3.85. The second-order valence-electron chi connectivity index (χ2n) is 6.16. The van der Waals surface area contributed by atoms with Crippen molar-refractivity contribution in [1.82, 2.24) is 4.90 Å². The van der Waals surface area contributed by atoms with E-state index in [9.17, 15) is 9.59 Å². The molecule has 24 heavy (non-hydrogen) atoms. The number of hydrogen-bond acceptors (Lipinski definition) is 3. The van der Waals surface area contributed by atoms with Gasteiger partial charge in [-0.25, -0.2) is 0 Å². The summed E-state index contributed by atoms with van der Waals surface area (Å²) in [6, 6.07) is 12.7. The Hall–Kier alpha value is -2.33. The molecule has 0 spiro atoms. The van der Waals surface area contributed by atoms with Crippen molar-refractivity contribution in [3.05, 3.63) is 64.2 Å². The van der Waals surface area contributed by atoms with Gasteiger partial charge in [0.1, 0.15) is 6.04 Å². The molecule has 124 valence electrons. The highest BCUT2D eigenvalue weighted by atomic mass is 35.5. The van der Waals surface area contributed by atoms with E-state index in [0.29, 0.717) is 5.02 Å². The van der Waals surface area contributed by atoms with Crippen LogP contribution in [0.1, 0.15) is 23.1 Å². The van der Waals surface area contributed by atoms with Crippen LogP contribution < -0.4 is 5.32 Å². The summed E-state index contributed by atoms with van der Waals surface area (Å²) < 4.78 is 0. The summed E-state index contributed by atoms with van der Waals surface area (Å²) in [5.41, 5.74) is 3.94. The first-order valence-electron chi connectivity index (χ1n) is 7.86. The molecule has 0 aliphatic carbocycles. The number of imide groups is 1. The summed E-state index contributed by atoms with van der Waals surface area (Å²) in [4.78, 5) is 26.2. The molecule has 0 saturated carbocycles. The van der Waals surface area contributed by atoms with Crippen LogP contribution in [0.4, 0.5) is 5.69 Å². The summed E-state index contributed by atoms with van der Waals surface area (Å²) in [6.45, 7) is 4.26. The smallest absolute Gasteiger partial charge is 0.252 e. The first-order valence-corrected chi connectivity index (χ1v) is 8.24. The van der Waals surface area contributed by atoms with E-state index >= 15 is 0 Å². The average Bonchev–Trinajstić information content (AvgIpc) is 2.80. The van der Waals surface area contributed by atoms with Crippen LogP contribution in [0, 0.1) is 13.8 Å². The van der Waals surface area contributed by atoms with Crippen molar-refractivity contribution in [3.8, 4) is 0 Å². The van der Waals surface area contributed by atoms with Crippen LogP contribution in [-0.4, -0.2) is 22.8 Å². The Kier molecular flexibility index (Phi) is 4.58. The number of nitrogens with one attached hydrogen (secondary N) is 1. The molecule has 2 amide bonds. The largest absolute Gasteiger partial charge is 0.373 e. The van der Waals surface area contributed by atoms with Crippen molar-refractivity contribution in [2.24, 2.45) is 0 Å². The zero-order chi connectivity index (χ0) is 17.3. The monoisotopic (exact) mass is 342 g/mol. The number of carbonyl (C=O) groups is 2. The van der Waals surface area contributed by atoms with Crippen molar-refractivity contribution in [2.45, 2.75) is 32.9 Å². The molecule has 1 aliphatic heterocycles. The molecular formula is C19H19ClN2O2. The van der Waals surface area contributed by atoms with Gasteiger partial charge in [-0.2, -0.15) is 0 Å². The number of nitrogens with zero attached hydrogens (tertiary/aromatic N) is 1. The lowest BCUT2D eigenvalue weighted by atomic mass is 10.1. The highest BCUT2D eigenvalue weighted by molar-refractivity contribution is 6.30. The molecule has 5 heteroatoms. The van der Waals surface area contributed by atoms with E-state index in [1.807, 2.05) is 44.2 Å². The van der Waals surface area contributed by atoms with Gasteiger partial charge in [0, 0.05) is 10.7 Å². The number of carbonyl (C=O) groups excluding carboxylic acids is 2. The molecule has 0 unspecified atom stereocenters. The maximum atomic E-state index is 12.6. The van der Waals surface area contributed by atoms with Gasteiger partial charge in [-0.1, -0.05) is 35.9 Å². The number of halogens is 1. The molecule has 3 rings (SSSR count). The first-order chi connectivity index (χ1) is 11.4. The van der Waals surface area contributed by atoms with Crippen LogP contribution in [0.15, 0.2) is 42.5 Å². The SMILES string of the molecule is Cc1ccc(C)c(N[C@H]2CC(=O)N(Cc3ccc(Cl)cc3)C2=O)c1. The molecule has 1 heterocycles. The summed E-state index contributed by atoms with van der Waals surface area (Å²) >= 11 is 5.87. The minimum absolute atomic E-state index is 0.155. The number of hydrogen-bond donors (Lipinski definition) is 1. The van der Waals surface area contributed by atoms with Gasteiger partial charge in [0.2, 0.25) is 5.91 Å². The number of anilines is 1. The molecule has 1 saturated heterocycles. The van der Waals surface area contributed by atoms with E-state index in [2.05, 4.69) is 5.32 Å². The van der Waals surface area contributed by atoms with Gasteiger partial charge in [0.05, 0.1) is 13.0 Å². The molecule has 0 bridgehead atoms. The van der Waals surface area contributed by atoms with Crippen molar-refractivity contribution in [2.75, 3.05) is 5.32 Å². The third-order valence-electron chi connectivity index (χ3n) is 4.22. The number of aryl methyl sites for hydroxylation is 2. The maximum absolute atomic E-state index is 12.6. The zero-order valence-electron chi connectivity index (χ0n) is 13.7. The Labute approximate surface area is 146 Å². The number of likely N-dealkylation sites (tertiary alicyclic amines) is 1. The topological polar surface area (TPSA) is 49.4 Å². The number of rotatable bonds is 4. The average molecular weight is 343 g/mol. The lowest BCUT2D eigenvalue weighted by Crippen LogP contribution is -2.34. The Morgan fingerprint density at radius 3 is 2.54 bits per heavy atom. The Morgan fingerprint density at radius 1 is 1.12 bits per heavy atom. The van der Waals surface area contributed by atoms with Crippen molar-refractivity contribution in [1.29, 1.82) is 0 Å². The summed E-state index contributed by atoms with van der Waals surface area (Å²) in [7, 11) is 0. The van der Waals surface area contributed by atoms with Gasteiger partial charge in [-0.3, -0.25) is 14.5 Å². The molecule has 1 atom stereocenters. The molecule has 4 nitrogen and oxygen atoms in total. The van der Waals surface area contributed by atoms with E-state index in [-0.39, 0.29) is 24.8 Å². The van der Waals surface area contributed by atoms with Gasteiger partial charge in [0.15, 0.2) is 0 Å². The second-order valence-corrected chi connectivity index (χ2v) is 6.60. The molecule has 1 fully saturated rings. The molecule has 2 aromatic rings. The van der Waals surface area contributed by atoms with E-state index in [4.69, 9.17) is 11.6 Å². The van der Waals surface area contributed by atoms with Gasteiger partial charge in [-0.05, 0) is 48.7 Å². The molecule has 0 radical (unpaired) electrons. The third-order valence-corrected chi connectivity index (χ3v) is 4.47. The van der Waals surface area contributed by atoms with E-state index in [1.165, 1.54) is 4.90 Å². The fourth-order valence-corrected chi connectivity index (χ4v) is 2.94. The lowest BCUT2D eigenvalue weighted by Gasteiger charge is -2.17. The van der Waals surface area contributed by atoms with Crippen molar-refractivity contribution < 1.29 is 9.59 Å². The van der Waals surface area contributed by atoms with E-state index < -0.39 is 6.04 Å². The predicted octanol–water partition coefficient (Wildman–Crippen LogP) is 3.70. The normalized spacial score (nSPS) is 17.5. The molecule has 1 aliphatic rings. The fraction of sp³-hybridized carbons (Fsp3) is 0.263. The van der Waals surface area contributed by atoms with E-state index in [1.54, 1.807) is 12.1 Å². The maximum Gasteiger partial charge on any atom is 0.252 e. The van der Waals surface area contributed by atoms with E-state index in [0.717, 1.165) is 22.4 Å². The molecular weight excluding hydrogens is 324 g/mol. The van der Waals surface area contributed by atoms with Gasteiger partial charge < -0.3 is 5.32 Å². The molecule has 1 N–H and O–H groups in total. The second kappa shape index (κ2) is 6.65. The van der Waals surface area contributed by atoms with Crippen LogP contribution in [0.2, 0.25) is 5.02 Å². The quantitative estimate of drug-likeness (QED) is 0.862. The number of amides is 2. The molecule has 2 aromatic carbocycles. The minimum atomic E-state index is -0.509. The fourth-order valence-electron chi connectivity index (χ4n) is 2.81. The van der Waals surface area contributed by atoms with Crippen LogP contribution >= 0.6 is 11.6 Å². The Bertz CT molecular complexity index is 786. The van der Waals surface area contributed by atoms with Gasteiger partial charge in [0.25, 0.3) is 5.91 Å². The van der Waals surface area contributed by atoms with Gasteiger partial charge >= 0.3 is 0 Å². The number of benzene rings is 2. The zero-order valence-corrected chi connectivity index (χ0v) is 14.4. The Morgan fingerprint density at radius 2 is 1.83 bits per heavy atom. The highest BCUT2D eigenvalue weighted by Gasteiger charge is 2.38. The van der Waals surface area contributed by atoms with Crippen LogP contribution in [0.5, 0.6) is 0 Å². The lowest BCUT2D eigenvalue weighted by molar-refractivity contribution is -0.139. The predicted molar refractivity (Wildman–Crippen MR) is 95.0 cm³/mol. The molecule has 0 aromatic heterocycles. The standard InChI is InChI=1S/C19H19ClN2O2/c1-12-3-4-13(2)16(9-12)21-17-10-18(23)22(19(17)24)11-14-5-7-15(20)8-6-14/h3-9,17,21H,10-11H2,1-2H3/t17-/m0/s1. The van der Waals surface area contributed by atoms with Gasteiger partial charge in [-0.15, -0.1) is 0 Å². The van der Waals surface area contributed by atoms with Crippen LogP contribution in [-0.2, 0) is 16.1 Å². The minimum Gasteiger partial charge on any atom is -0.373 e.